The standard InChI is InChI=1S/C13H16N2O4/c16-13(17)9-5-2-1-4-8(9)12-14-11(15-19-12)10-6-3-7-18-10/h1-2,8-10H,3-7H2,(H,16,17). The third-order valence-corrected chi connectivity index (χ3v) is 3.74. The second-order valence-corrected chi connectivity index (χ2v) is 4.99. The van der Waals surface area contributed by atoms with E-state index in [-0.39, 0.29) is 12.0 Å². The Labute approximate surface area is 110 Å². The molecule has 0 spiro atoms. The molecule has 0 bridgehead atoms. The van der Waals surface area contributed by atoms with Crippen LogP contribution in [0.1, 0.15) is 49.4 Å². The van der Waals surface area contributed by atoms with Crippen LogP contribution in [0.5, 0.6) is 0 Å². The molecular formula is C13H16N2O4. The van der Waals surface area contributed by atoms with Crippen molar-refractivity contribution in [3.05, 3.63) is 23.9 Å². The van der Waals surface area contributed by atoms with Gasteiger partial charge in [-0.25, -0.2) is 0 Å². The van der Waals surface area contributed by atoms with E-state index in [4.69, 9.17) is 9.26 Å². The first-order chi connectivity index (χ1) is 9.25. The molecule has 1 aromatic rings. The Hall–Kier alpha value is -1.69. The van der Waals surface area contributed by atoms with Crippen molar-refractivity contribution >= 4 is 5.97 Å². The second-order valence-electron chi connectivity index (χ2n) is 4.99. The van der Waals surface area contributed by atoms with Gasteiger partial charge in [-0.05, 0) is 25.7 Å². The number of rotatable bonds is 3. The largest absolute Gasteiger partial charge is 0.481 e. The van der Waals surface area contributed by atoms with E-state index in [1.165, 1.54) is 0 Å². The molecule has 1 aromatic heterocycles. The van der Waals surface area contributed by atoms with Crippen LogP contribution in [0.3, 0.4) is 0 Å². The van der Waals surface area contributed by atoms with Gasteiger partial charge in [0.25, 0.3) is 0 Å². The van der Waals surface area contributed by atoms with Gasteiger partial charge in [0.05, 0.1) is 11.8 Å². The summed E-state index contributed by atoms with van der Waals surface area (Å²) in [5, 5.41) is 13.2. The Morgan fingerprint density at radius 2 is 2.21 bits per heavy atom. The fourth-order valence-corrected chi connectivity index (χ4v) is 2.67. The third-order valence-electron chi connectivity index (χ3n) is 3.74. The molecule has 1 N–H and O–H groups in total. The number of hydrogen-bond acceptors (Lipinski definition) is 5. The molecule has 2 aliphatic rings. The number of nitrogens with zero attached hydrogens (tertiary/aromatic N) is 2. The predicted octanol–water partition coefficient (Wildman–Crippen LogP) is 2.06. The Bertz CT molecular complexity index is 491. The fraction of sp³-hybridized carbons (Fsp3) is 0.615. The molecule has 1 saturated heterocycles. The number of ether oxygens (including phenoxy) is 1. The molecule has 6 heteroatoms. The first kappa shape index (κ1) is 12.3. The number of hydrogen-bond donors (Lipinski definition) is 1. The second kappa shape index (κ2) is 5.13. The van der Waals surface area contributed by atoms with Crippen LogP contribution in [0.25, 0.3) is 0 Å². The van der Waals surface area contributed by atoms with Crippen molar-refractivity contribution in [2.45, 2.75) is 37.7 Å². The minimum absolute atomic E-state index is 0.0973. The van der Waals surface area contributed by atoms with Gasteiger partial charge in [0, 0.05) is 6.61 Å². The van der Waals surface area contributed by atoms with E-state index in [1.807, 2.05) is 12.2 Å². The maximum atomic E-state index is 11.3. The van der Waals surface area contributed by atoms with E-state index in [0.717, 1.165) is 19.4 Å². The summed E-state index contributed by atoms with van der Waals surface area (Å²) in [5.74, 6) is -0.562. The van der Waals surface area contributed by atoms with Gasteiger partial charge in [0.15, 0.2) is 0 Å². The van der Waals surface area contributed by atoms with Crippen LogP contribution in [0.2, 0.25) is 0 Å². The van der Waals surface area contributed by atoms with Gasteiger partial charge in [0.2, 0.25) is 11.7 Å². The molecule has 2 heterocycles. The molecule has 19 heavy (non-hydrogen) atoms. The molecule has 102 valence electrons. The van der Waals surface area contributed by atoms with Gasteiger partial charge in [0.1, 0.15) is 6.10 Å². The van der Waals surface area contributed by atoms with Crippen molar-refractivity contribution in [1.82, 2.24) is 10.1 Å². The van der Waals surface area contributed by atoms with Gasteiger partial charge in [-0.1, -0.05) is 17.3 Å². The molecule has 0 amide bonds. The summed E-state index contributed by atoms with van der Waals surface area (Å²) < 4.78 is 10.8. The molecule has 3 atom stereocenters. The number of allylic oxidation sites excluding steroid dienone is 2. The molecular weight excluding hydrogens is 248 g/mol. The van der Waals surface area contributed by atoms with Crippen molar-refractivity contribution in [3.63, 3.8) is 0 Å². The highest BCUT2D eigenvalue weighted by atomic mass is 16.5. The normalized spacial score (nSPS) is 30.6. The first-order valence-electron chi connectivity index (χ1n) is 6.58. The fourth-order valence-electron chi connectivity index (χ4n) is 2.67. The number of carboxylic acids is 1. The topological polar surface area (TPSA) is 85.5 Å². The summed E-state index contributed by atoms with van der Waals surface area (Å²) in [6.45, 7) is 0.721. The van der Waals surface area contributed by atoms with Crippen LogP contribution < -0.4 is 0 Å². The zero-order valence-corrected chi connectivity index (χ0v) is 10.5. The number of carboxylic acid groups (broad SMARTS) is 1. The quantitative estimate of drug-likeness (QED) is 0.841. The van der Waals surface area contributed by atoms with Gasteiger partial charge in [-0.2, -0.15) is 4.98 Å². The Morgan fingerprint density at radius 3 is 2.95 bits per heavy atom. The van der Waals surface area contributed by atoms with Crippen molar-refractivity contribution in [3.8, 4) is 0 Å². The minimum atomic E-state index is -0.814. The lowest BCUT2D eigenvalue weighted by atomic mass is 9.83. The molecule has 1 aliphatic heterocycles. The lowest BCUT2D eigenvalue weighted by molar-refractivity contribution is -0.142. The van der Waals surface area contributed by atoms with Crippen LogP contribution >= 0.6 is 0 Å². The van der Waals surface area contributed by atoms with Crippen molar-refractivity contribution in [2.75, 3.05) is 6.61 Å². The Morgan fingerprint density at radius 1 is 1.37 bits per heavy atom. The minimum Gasteiger partial charge on any atom is -0.481 e. The summed E-state index contributed by atoms with van der Waals surface area (Å²) in [7, 11) is 0. The van der Waals surface area contributed by atoms with Crippen LogP contribution in [0.15, 0.2) is 16.7 Å². The van der Waals surface area contributed by atoms with Crippen LogP contribution in [-0.4, -0.2) is 27.8 Å². The van der Waals surface area contributed by atoms with E-state index in [1.54, 1.807) is 0 Å². The monoisotopic (exact) mass is 264 g/mol. The Kier molecular flexibility index (Phi) is 3.33. The summed E-state index contributed by atoms with van der Waals surface area (Å²) in [6.07, 6.45) is 6.80. The summed E-state index contributed by atoms with van der Waals surface area (Å²) in [4.78, 5) is 15.6. The molecule has 3 rings (SSSR count). The zero-order chi connectivity index (χ0) is 13.2. The molecule has 1 fully saturated rings. The van der Waals surface area contributed by atoms with E-state index in [2.05, 4.69) is 10.1 Å². The zero-order valence-electron chi connectivity index (χ0n) is 10.5. The molecule has 0 aromatic carbocycles. The predicted molar refractivity (Wildman–Crippen MR) is 64.5 cm³/mol. The van der Waals surface area contributed by atoms with Crippen LogP contribution in [0.4, 0.5) is 0 Å². The lowest BCUT2D eigenvalue weighted by Crippen LogP contribution is -2.23. The summed E-state index contributed by atoms with van der Waals surface area (Å²) in [5.41, 5.74) is 0. The van der Waals surface area contributed by atoms with Crippen LogP contribution in [-0.2, 0) is 9.53 Å². The smallest absolute Gasteiger partial charge is 0.307 e. The summed E-state index contributed by atoms with van der Waals surface area (Å²) in [6, 6.07) is 0. The van der Waals surface area contributed by atoms with Gasteiger partial charge >= 0.3 is 5.97 Å². The van der Waals surface area contributed by atoms with Crippen LogP contribution in [0, 0.1) is 5.92 Å². The number of aliphatic carboxylic acids is 1. The molecule has 0 radical (unpaired) electrons. The number of aromatic nitrogens is 2. The maximum absolute atomic E-state index is 11.3. The average molecular weight is 264 g/mol. The maximum Gasteiger partial charge on any atom is 0.307 e. The average Bonchev–Trinajstić information content (AvgIpc) is 3.09. The van der Waals surface area contributed by atoms with Crippen molar-refractivity contribution in [2.24, 2.45) is 5.92 Å². The number of carbonyl (C=O) groups is 1. The van der Waals surface area contributed by atoms with Gasteiger partial charge in [-0.3, -0.25) is 4.79 Å². The molecule has 0 saturated carbocycles. The highest BCUT2D eigenvalue weighted by Crippen LogP contribution is 2.35. The van der Waals surface area contributed by atoms with Gasteiger partial charge in [-0.15, -0.1) is 0 Å². The molecule has 1 aliphatic carbocycles. The SMILES string of the molecule is O=C(O)C1CC=CCC1c1nc(C2CCCO2)no1. The Balaban J connectivity index is 1.80. The van der Waals surface area contributed by atoms with Crippen molar-refractivity contribution in [1.29, 1.82) is 0 Å². The van der Waals surface area contributed by atoms with E-state index in [9.17, 15) is 9.90 Å². The summed E-state index contributed by atoms with van der Waals surface area (Å²) >= 11 is 0. The first-order valence-corrected chi connectivity index (χ1v) is 6.58. The highest BCUT2D eigenvalue weighted by molar-refractivity contribution is 5.71. The van der Waals surface area contributed by atoms with E-state index < -0.39 is 11.9 Å². The third kappa shape index (κ3) is 2.40. The molecule has 6 nitrogen and oxygen atoms in total. The van der Waals surface area contributed by atoms with E-state index in [0.29, 0.717) is 24.6 Å². The van der Waals surface area contributed by atoms with E-state index >= 15 is 0 Å². The lowest BCUT2D eigenvalue weighted by Gasteiger charge is -2.21. The van der Waals surface area contributed by atoms with Gasteiger partial charge < -0.3 is 14.4 Å². The molecule has 3 unspecified atom stereocenters. The highest BCUT2D eigenvalue weighted by Gasteiger charge is 2.35. The van der Waals surface area contributed by atoms with Crippen molar-refractivity contribution < 1.29 is 19.2 Å².